The fourth-order valence-electron chi connectivity index (χ4n) is 4.17. The Morgan fingerprint density at radius 3 is 2.79 bits per heavy atom. The van der Waals surface area contributed by atoms with Crippen LogP contribution in [0.1, 0.15) is 25.3 Å². The summed E-state index contributed by atoms with van der Waals surface area (Å²) in [6.07, 6.45) is 2.62. The highest BCUT2D eigenvalue weighted by molar-refractivity contribution is 5.99. The molecule has 2 unspecified atom stereocenters. The number of fused-ring (bicyclic) bond motifs is 1. The van der Waals surface area contributed by atoms with Gasteiger partial charge in [0.1, 0.15) is 5.52 Å². The van der Waals surface area contributed by atoms with E-state index in [1.165, 1.54) is 7.11 Å². The van der Waals surface area contributed by atoms with Crippen LogP contribution >= 0.6 is 0 Å². The highest BCUT2D eigenvalue weighted by atomic mass is 16.5. The molecule has 2 aliphatic rings. The number of methoxy groups -OCH3 is 1. The van der Waals surface area contributed by atoms with Crippen molar-refractivity contribution in [3.8, 4) is 5.75 Å². The molecule has 0 radical (unpaired) electrons. The summed E-state index contributed by atoms with van der Waals surface area (Å²) in [5.41, 5.74) is 13.0. The molecule has 1 saturated heterocycles. The minimum atomic E-state index is -0.502. The molecule has 5 N–H and O–H groups in total. The van der Waals surface area contributed by atoms with Crippen molar-refractivity contribution >= 4 is 22.3 Å². The first-order chi connectivity index (χ1) is 13.5. The highest BCUT2D eigenvalue weighted by Gasteiger charge is 2.34. The third-order valence-electron chi connectivity index (χ3n) is 5.76. The maximum atomic E-state index is 12.5. The number of nitrogens with two attached hydrogens (primary N) is 2. The van der Waals surface area contributed by atoms with E-state index in [0.29, 0.717) is 30.0 Å². The van der Waals surface area contributed by atoms with Crippen molar-refractivity contribution in [3.63, 3.8) is 0 Å². The zero-order valence-corrected chi connectivity index (χ0v) is 15.8. The monoisotopic (exact) mass is 384 g/mol. The Hall–Kier alpha value is -2.99. The summed E-state index contributed by atoms with van der Waals surface area (Å²) in [5.74, 6) is 0.680. The van der Waals surface area contributed by atoms with Crippen LogP contribution in [0.15, 0.2) is 15.7 Å². The standard InChI is InChI=1S/C19H24N6O3/c1-22-8-13(21)10-5-6-24(9-10)14-7-12(20)15-16(17(14)28-2)25(11-3-4-11)19(27)23-18(15)26/h7,10-11,13H,3-6,8-9,20-21H2,2H3,(H,23,26,27). The predicted octanol–water partition coefficient (Wildman–Crippen LogP) is 0.688. The number of benzene rings is 1. The Morgan fingerprint density at radius 2 is 2.14 bits per heavy atom. The van der Waals surface area contributed by atoms with E-state index in [9.17, 15) is 9.59 Å². The molecule has 1 aliphatic heterocycles. The molecule has 1 aromatic heterocycles. The van der Waals surface area contributed by atoms with Crippen LogP contribution in [0.5, 0.6) is 5.75 Å². The molecular weight excluding hydrogens is 360 g/mol. The van der Waals surface area contributed by atoms with Gasteiger partial charge in [-0.05, 0) is 25.3 Å². The minimum Gasteiger partial charge on any atom is -0.492 e. The summed E-state index contributed by atoms with van der Waals surface area (Å²) in [6, 6.07) is 1.61. The van der Waals surface area contributed by atoms with Gasteiger partial charge in [0.25, 0.3) is 5.56 Å². The number of hydrogen-bond donors (Lipinski definition) is 3. The van der Waals surface area contributed by atoms with E-state index in [4.69, 9.17) is 22.8 Å². The molecule has 1 aromatic carbocycles. The number of hydrogen-bond acceptors (Lipinski definition) is 6. The molecule has 0 bridgehead atoms. The smallest absolute Gasteiger partial charge is 0.329 e. The maximum Gasteiger partial charge on any atom is 0.329 e. The van der Waals surface area contributed by atoms with Crippen LogP contribution in [-0.2, 0) is 0 Å². The second-order valence-electron chi connectivity index (χ2n) is 7.60. The van der Waals surface area contributed by atoms with Gasteiger partial charge in [-0.15, -0.1) is 0 Å². The van der Waals surface area contributed by atoms with Gasteiger partial charge in [0, 0.05) is 30.7 Å². The molecule has 2 fully saturated rings. The Balaban J connectivity index is 1.87. The van der Waals surface area contributed by atoms with E-state index >= 15 is 0 Å². The molecule has 2 heterocycles. The van der Waals surface area contributed by atoms with Crippen molar-refractivity contribution in [2.75, 3.05) is 37.4 Å². The number of nitrogens with zero attached hydrogens (tertiary/aromatic N) is 3. The number of nitrogen functional groups attached to an aromatic ring is 1. The quantitative estimate of drug-likeness (QED) is 0.515. The zero-order chi connectivity index (χ0) is 20.0. The van der Waals surface area contributed by atoms with Gasteiger partial charge in [0.15, 0.2) is 5.75 Å². The molecule has 1 saturated carbocycles. The number of H-pyrrole nitrogens is 1. The van der Waals surface area contributed by atoms with E-state index in [1.807, 2.05) is 0 Å². The van der Waals surface area contributed by atoms with Crippen molar-refractivity contribution in [2.24, 2.45) is 11.7 Å². The van der Waals surface area contributed by atoms with E-state index in [1.54, 1.807) is 10.6 Å². The third-order valence-corrected chi connectivity index (χ3v) is 5.76. The lowest BCUT2D eigenvalue weighted by Crippen LogP contribution is -2.35. The lowest BCUT2D eigenvalue weighted by molar-refractivity contribution is 0.416. The van der Waals surface area contributed by atoms with Gasteiger partial charge < -0.3 is 25.9 Å². The van der Waals surface area contributed by atoms with Crippen molar-refractivity contribution in [2.45, 2.75) is 31.3 Å². The van der Waals surface area contributed by atoms with Gasteiger partial charge in [-0.2, -0.15) is 0 Å². The van der Waals surface area contributed by atoms with Crippen molar-refractivity contribution < 1.29 is 4.74 Å². The number of anilines is 2. The summed E-state index contributed by atoms with van der Waals surface area (Å²) in [4.78, 5) is 32.9. The van der Waals surface area contributed by atoms with E-state index in [0.717, 1.165) is 31.5 Å². The number of nitrogens with one attached hydrogen (secondary N) is 1. The fraction of sp³-hybridized carbons (Fsp3) is 0.526. The van der Waals surface area contributed by atoms with E-state index < -0.39 is 11.2 Å². The van der Waals surface area contributed by atoms with Crippen LogP contribution in [-0.4, -0.2) is 42.3 Å². The molecule has 1 aliphatic carbocycles. The molecule has 4 rings (SSSR count). The molecule has 0 amide bonds. The second-order valence-corrected chi connectivity index (χ2v) is 7.60. The first-order valence-corrected chi connectivity index (χ1v) is 9.45. The van der Waals surface area contributed by atoms with Crippen LogP contribution in [0.2, 0.25) is 0 Å². The van der Waals surface area contributed by atoms with Gasteiger partial charge in [-0.25, -0.2) is 11.4 Å². The Labute approximate surface area is 161 Å². The normalized spacial score (nSPS) is 20.3. The second kappa shape index (κ2) is 6.87. The first-order valence-electron chi connectivity index (χ1n) is 9.45. The van der Waals surface area contributed by atoms with Crippen LogP contribution in [0.3, 0.4) is 0 Å². The van der Waals surface area contributed by atoms with E-state index in [2.05, 4.69) is 14.7 Å². The topological polar surface area (TPSA) is 124 Å². The molecule has 28 heavy (non-hydrogen) atoms. The van der Waals surface area contributed by atoms with Crippen molar-refractivity contribution in [3.05, 3.63) is 38.3 Å². The first kappa shape index (κ1) is 18.4. The summed E-state index contributed by atoms with van der Waals surface area (Å²) < 4.78 is 7.31. The predicted molar refractivity (Wildman–Crippen MR) is 108 cm³/mol. The third kappa shape index (κ3) is 2.90. The van der Waals surface area contributed by atoms with Crippen LogP contribution in [0.25, 0.3) is 15.7 Å². The summed E-state index contributed by atoms with van der Waals surface area (Å²) in [5, 5.41) is 0.285. The summed E-state index contributed by atoms with van der Waals surface area (Å²) >= 11 is 0. The van der Waals surface area contributed by atoms with Crippen LogP contribution < -0.4 is 32.4 Å². The molecular formula is C19H24N6O3. The molecule has 148 valence electrons. The average Bonchev–Trinajstić information content (AvgIpc) is 3.36. The molecule has 2 atom stereocenters. The Morgan fingerprint density at radius 1 is 1.39 bits per heavy atom. The lowest BCUT2D eigenvalue weighted by atomic mass is 10.00. The number of rotatable bonds is 5. The molecule has 9 nitrogen and oxygen atoms in total. The summed E-state index contributed by atoms with van der Waals surface area (Å²) in [7, 11) is 1.54. The molecule has 2 aromatic rings. The van der Waals surface area contributed by atoms with Gasteiger partial charge in [-0.1, -0.05) is 0 Å². The van der Waals surface area contributed by atoms with Crippen molar-refractivity contribution in [1.82, 2.24) is 9.55 Å². The number of aromatic amines is 1. The Kier molecular flexibility index (Phi) is 4.51. The van der Waals surface area contributed by atoms with Gasteiger partial charge in [0.2, 0.25) is 6.54 Å². The zero-order valence-electron chi connectivity index (χ0n) is 15.8. The van der Waals surface area contributed by atoms with Gasteiger partial charge in [0.05, 0.1) is 24.2 Å². The van der Waals surface area contributed by atoms with Crippen LogP contribution in [0.4, 0.5) is 11.4 Å². The lowest BCUT2D eigenvalue weighted by Gasteiger charge is -2.25. The van der Waals surface area contributed by atoms with E-state index in [-0.39, 0.29) is 23.4 Å². The fourth-order valence-corrected chi connectivity index (χ4v) is 4.17. The minimum absolute atomic E-state index is 0.0498. The SMILES string of the molecule is [C-]#[N+]CC(N)C1CCN(c2cc(N)c3c(=O)[nH]c(=O)n(C4CC4)c3c2OC)C1. The summed E-state index contributed by atoms with van der Waals surface area (Å²) in [6.45, 7) is 8.75. The highest BCUT2D eigenvalue weighted by Crippen LogP contribution is 2.43. The van der Waals surface area contributed by atoms with Crippen molar-refractivity contribution in [1.29, 1.82) is 0 Å². The Bertz CT molecular complexity index is 1080. The maximum absolute atomic E-state index is 12.5. The number of ether oxygens (including phenoxy) is 1. The van der Waals surface area contributed by atoms with Gasteiger partial charge >= 0.3 is 5.69 Å². The van der Waals surface area contributed by atoms with Crippen LogP contribution in [0, 0.1) is 12.5 Å². The average molecular weight is 384 g/mol. The number of aromatic nitrogens is 2. The van der Waals surface area contributed by atoms with Gasteiger partial charge in [-0.3, -0.25) is 14.3 Å². The largest absolute Gasteiger partial charge is 0.492 e. The molecule has 0 spiro atoms. The molecule has 9 heteroatoms.